The van der Waals surface area contributed by atoms with E-state index in [0.717, 1.165) is 6.07 Å². The monoisotopic (exact) mass is 239 g/mol. The van der Waals surface area contributed by atoms with Crippen LogP contribution in [0.3, 0.4) is 0 Å². The molecule has 5 heteroatoms. The predicted octanol–water partition coefficient (Wildman–Crippen LogP) is 1.60. The van der Waals surface area contributed by atoms with E-state index in [1.54, 1.807) is 6.08 Å². The average molecular weight is 239 g/mol. The zero-order valence-corrected chi connectivity index (χ0v) is 9.27. The maximum atomic E-state index is 13.0. The summed E-state index contributed by atoms with van der Waals surface area (Å²) < 4.78 is 13.0. The van der Waals surface area contributed by atoms with Crippen LogP contribution in [0.4, 0.5) is 4.39 Å². The molecular formula is C12H14FNO3. The lowest BCUT2D eigenvalue weighted by molar-refractivity contribution is -0.138. The Balaban J connectivity index is 2.80. The number of rotatable bonds is 6. The maximum Gasteiger partial charge on any atom is 0.317 e. The number of hydrogen-bond acceptors (Lipinski definition) is 3. The molecule has 0 amide bonds. The van der Waals surface area contributed by atoms with Crippen LogP contribution in [-0.2, 0) is 11.3 Å². The largest absolute Gasteiger partial charge is 0.508 e. The van der Waals surface area contributed by atoms with Crippen molar-refractivity contribution in [2.75, 3.05) is 13.1 Å². The predicted molar refractivity (Wildman–Crippen MR) is 61.2 cm³/mol. The normalized spacial score (nSPS) is 10.5. The zero-order chi connectivity index (χ0) is 12.8. The van der Waals surface area contributed by atoms with Gasteiger partial charge >= 0.3 is 5.97 Å². The fourth-order valence-corrected chi connectivity index (χ4v) is 1.48. The number of carboxylic acids is 1. The first-order valence-electron chi connectivity index (χ1n) is 5.05. The molecule has 0 aliphatic rings. The molecule has 0 aliphatic carbocycles. The quantitative estimate of drug-likeness (QED) is 0.740. The minimum absolute atomic E-state index is 0.0501. The van der Waals surface area contributed by atoms with Crippen molar-refractivity contribution >= 4 is 5.97 Å². The van der Waals surface area contributed by atoms with Gasteiger partial charge in [-0.1, -0.05) is 6.08 Å². The molecule has 0 saturated heterocycles. The molecule has 2 N–H and O–H groups in total. The Kier molecular flexibility index (Phi) is 4.66. The van der Waals surface area contributed by atoms with E-state index in [1.807, 2.05) is 0 Å². The standard InChI is InChI=1S/C12H14FNO3/c1-2-5-14(8-12(16)17)7-9-6-10(13)3-4-11(9)15/h2-4,6,15H,1,5,7-8H2,(H,16,17). The van der Waals surface area contributed by atoms with E-state index in [1.165, 1.54) is 17.0 Å². The summed E-state index contributed by atoms with van der Waals surface area (Å²) in [5, 5.41) is 18.2. The molecule has 0 atom stereocenters. The molecule has 0 bridgehead atoms. The van der Waals surface area contributed by atoms with Gasteiger partial charge in [0.25, 0.3) is 0 Å². The Morgan fingerprint density at radius 3 is 2.82 bits per heavy atom. The summed E-state index contributed by atoms with van der Waals surface area (Å²) in [5.74, 6) is -1.50. The smallest absolute Gasteiger partial charge is 0.317 e. The molecule has 0 fully saturated rings. The van der Waals surface area contributed by atoms with Gasteiger partial charge in [-0.2, -0.15) is 0 Å². The Morgan fingerprint density at radius 1 is 1.53 bits per heavy atom. The second-order valence-electron chi connectivity index (χ2n) is 3.63. The van der Waals surface area contributed by atoms with E-state index in [9.17, 15) is 14.3 Å². The highest BCUT2D eigenvalue weighted by Crippen LogP contribution is 2.19. The summed E-state index contributed by atoms with van der Waals surface area (Å²) in [5.41, 5.74) is 0.355. The van der Waals surface area contributed by atoms with Crippen molar-refractivity contribution in [3.63, 3.8) is 0 Å². The molecule has 0 heterocycles. The highest BCUT2D eigenvalue weighted by atomic mass is 19.1. The van der Waals surface area contributed by atoms with Crippen LogP contribution in [-0.4, -0.2) is 34.2 Å². The number of aliphatic carboxylic acids is 1. The van der Waals surface area contributed by atoms with Gasteiger partial charge < -0.3 is 10.2 Å². The van der Waals surface area contributed by atoms with Crippen molar-refractivity contribution in [1.82, 2.24) is 4.90 Å². The second-order valence-corrected chi connectivity index (χ2v) is 3.63. The first-order valence-corrected chi connectivity index (χ1v) is 5.05. The number of hydrogen-bond donors (Lipinski definition) is 2. The molecular weight excluding hydrogens is 225 g/mol. The third-order valence-electron chi connectivity index (χ3n) is 2.18. The highest BCUT2D eigenvalue weighted by Gasteiger charge is 2.11. The second kappa shape index (κ2) is 6.00. The van der Waals surface area contributed by atoms with E-state index in [0.29, 0.717) is 12.1 Å². The van der Waals surface area contributed by atoms with Crippen molar-refractivity contribution in [3.05, 3.63) is 42.2 Å². The van der Waals surface area contributed by atoms with Crippen molar-refractivity contribution < 1.29 is 19.4 Å². The van der Waals surface area contributed by atoms with Crippen LogP contribution in [0.5, 0.6) is 5.75 Å². The minimum atomic E-state index is -0.984. The highest BCUT2D eigenvalue weighted by molar-refractivity contribution is 5.69. The first kappa shape index (κ1) is 13.2. The van der Waals surface area contributed by atoms with Crippen LogP contribution < -0.4 is 0 Å². The van der Waals surface area contributed by atoms with E-state index >= 15 is 0 Å². The SMILES string of the molecule is C=CCN(CC(=O)O)Cc1cc(F)ccc1O. The molecule has 0 aromatic heterocycles. The number of phenols is 1. The Labute approximate surface area is 98.6 Å². The zero-order valence-electron chi connectivity index (χ0n) is 9.27. The van der Waals surface area contributed by atoms with Crippen molar-refractivity contribution in [2.24, 2.45) is 0 Å². The number of nitrogens with zero attached hydrogens (tertiary/aromatic N) is 1. The van der Waals surface area contributed by atoms with Crippen LogP contribution in [0, 0.1) is 5.82 Å². The van der Waals surface area contributed by atoms with E-state index in [4.69, 9.17) is 5.11 Å². The van der Waals surface area contributed by atoms with Gasteiger partial charge in [0.1, 0.15) is 11.6 Å². The molecule has 0 aliphatic heterocycles. The Morgan fingerprint density at radius 2 is 2.24 bits per heavy atom. The number of halogens is 1. The van der Waals surface area contributed by atoms with Crippen LogP contribution in [0.1, 0.15) is 5.56 Å². The van der Waals surface area contributed by atoms with Gasteiger partial charge in [0.15, 0.2) is 0 Å². The van der Waals surface area contributed by atoms with Crippen molar-refractivity contribution in [1.29, 1.82) is 0 Å². The fourth-order valence-electron chi connectivity index (χ4n) is 1.48. The van der Waals surface area contributed by atoms with Crippen molar-refractivity contribution in [3.8, 4) is 5.75 Å². The lowest BCUT2D eigenvalue weighted by Crippen LogP contribution is -2.29. The van der Waals surface area contributed by atoms with Crippen LogP contribution in [0.25, 0.3) is 0 Å². The molecule has 0 radical (unpaired) electrons. The molecule has 92 valence electrons. The van der Waals surface area contributed by atoms with Crippen LogP contribution in [0.2, 0.25) is 0 Å². The van der Waals surface area contributed by atoms with Gasteiger partial charge in [0.05, 0.1) is 6.54 Å². The van der Waals surface area contributed by atoms with Gasteiger partial charge in [-0.15, -0.1) is 6.58 Å². The summed E-state index contributed by atoms with van der Waals surface area (Å²) in [6.07, 6.45) is 1.55. The number of benzene rings is 1. The Bertz CT molecular complexity index is 420. The Hall–Kier alpha value is -1.88. The lowest BCUT2D eigenvalue weighted by atomic mass is 10.2. The van der Waals surface area contributed by atoms with Gasteiger partial charge in [-0.25, -0.2) is 4.39 Å². The number of aromatic hydroxyl groups is 1. The fraction of sp³-hybridized carbons (Fsp3) is 0.250. The number of carboxylic acid groups (broad SMARTS) is 1. The third-order valence-corrected chi connectivity index (χ3v) is 2.18. The third kappa shape index (κ3) is 4.24. The summed E-state index contributed by atoms with van der Waals surface area (Å²) >= 11 is 0. The maximum absolute atomic E-state index is 13.0. The summed E-state index contributed by atoms with van der Waals surface area (Å²) in [6, 6.07) is 3.58. The minimum Gasteiger partial charge on any atom is -0.508 e. The van der Waals surface area contributed by atoms with Gasteiger partial charge in [-0.05, 0) is 18.2 Å². The average Bonchev–Trinajstić information content (AvgIpc) is 2.23. The molecule has 17 heavy (non-hydrogen) atoms. The van der Waals surface area contributed by atoms with E-state index in [-0.39, 0.29) is 18.8 Å². The molecule has 0 saturated carbocycles. The van der Waals surface area contributed by atoms with Crippen LogP contribution >= 0.6 is 0 Å². The lowest BCUT2D eigenvalue weighted by Gasteiger charge is -2.18. The van der Waals surface area contributed by atoms with Crippen LogP contribution in [0.15, 0.2) is 30.9 Å². The summed E-state index contributed by atoms with van der Waals surface area (Å²) in [6.45, 7) is 3.83. The first-order chi connectivity index (χ1) is 8.02. The number of phenolic OH excluding ortho intramolecular Hbond substituents is 1. The molecule has 1 aromatic rings. The van der Waals surface area contributed by atoms with E-state index in [2.05, 4.69) is 6.58 Å². The molecule has 1 rings (SSSR count). The molecule has 1 aromatic carbocycles. The summed E-state index contributed by atoms with van der Waals surface area (Å²) in [7, 11) is 0. The molecule has 4 nitrogen and oxygen atoms in total. The van der Waals surface area contributed by atoms with E-state index < -0.39 is 11.8 Å². The molecule has 0 unspecified atom stereocenters. The van der Waals surface area contributed by atoms with Gasteiger partial charge in [0, 0.05) is 18.7 Å². The van der Waals surface area contributed by atoms with Crippen molar-refractivity contribution in [2.45, 2.75) is 6.54 Å². The van der Waals surface area contributed by atoms with Gasteiger partial charge in [-0.3, -0.25) is 9.69 Å². The topological polar surface area (TPSA) is 60.8 Å². The number of carbonyl (C=O) groups is 1. The molecule has 0 spiro atoms. The summed E-state index contributed by atoms with van der Waals surface area (Å²) in [4.78, 5) is 12.1. The van der Waals surface area contributed by atoms with Gasteiger partial charge in [0.2, 0.25) is 0 Å².